The van der Waals surface area contributed by atoms with Crippen molar-refractivity contribution in [2.45, 2.75) is 20.0 Å². The number of aliphatic hydroxyl groups is 1. The first-order valence-corrected chi connectivity index (χ1v) is 7.17. The lowest BCUT2D eigenvalue weighted by Gasteiger charge is -2.14. The molecule has 0 bridgehead atoms. The van der Waals surface area contributed by atoms with E-state index in [4.69, 9.17) is 14.2 Å². The van der Waals surface area contributed by atoms with Crippen LogP contribution in [0.25, 0.3) is 0 Å². The summed E-state index contributed by atoms with van der Waals surface area (Å²) in [5.41, 5.74) is 0.587. The Balaban J connectivity index is 2.26. The summed E-state index contributed by atoms with van der Waals surface area (Å²) in [5.74, 6) is -0.202. The van der Waals surface area contributed by atoms with Gasteiger partial charge in [0.25, 0.3) is 0 Å². The second kappa shape index (κ2) is 10.4. The highest BCUT2D eigenvalue weighted by atomic mass is 19.1. The summed E-state index contributed by atoms with van der Waals surface area (Å²) in [7, 11) is 0. The van der Waals surface area contributed by atoms with E-state index in [2.05, 4.69) is 5.32 Å². The molecule has 0 fully saturated rings. The Bertz CT molecular complexity index is 403. The number of anilines is 1. The van der Waals surface area contributed by atoms with Crippen LogP contribution < -0.4 is 10.1 Å². The molecule has 0 heterocycles. The second-order valence-electron chi connectivity index (χ2n) is 4.38. The average Bonchev–Trinajstić information content (AvgIpc) is 2.47. The van der Waals surface area contributed by atoms with Crippen LogP contribution in [0.15, 0.2) is 18.2 Å². The van der Waals surface area contributed by atoms with Gasteiger partial charge in [0.2, 0.25) is 0 Å². The SMILES string of the molecule is CCOCCOCC(O)CNc1ccc(OCC)c(F)c1. The number of aliphatic hydroxyl groups excluding tert-OH is 1. The van der Waals surface area contributed by atoms with Crippen molar-refractivity contribution in [2.24, 2.45) is 0 Å². The van der Waals surface area contributed by atoms with Gasteiger partial charge >= 0.3 is 0 Å². The first-order valence-electron chi connectivity index (χ1n) is 7.17. The third-order valence-electron chi connectivity index (χ3n) is 2.66. The standard InChI is InChI=1S/C15H24FNO4/c1-3-19-7-8-20-11-13(18)10-17-12-5-6-15(21-4-2)14(16)9-12/h5-6,9,13,17-18H,3-4,7-8,10-11H2,1-2H3. The lowest BCUT2D eigenvalue weighted by molar-refractivity contribution is 0.0103. The fourth-order valence-electron chi connectivity index (χ4n) is 1.66. The van der Waals surface area contributed by atoms with Gasteiger partial charge in [0.1, 0.15) is 0 Å². The molecule has 0 saturated heterocycles. The lowest BCUT2D eigenvalue weighted by atomic mass is 10.2. The first-order chi connectivity index (χ1) is 10.2. The largest absolute Gasteiger partial charge is 0.491 e. The summed E-state index contributed by atoms with van der Waals surface area (Å²) in [5, 5.41) is 12.7. The van der Waals surface area contributed by atoms with Gasteiger partial charge < -0.3 is 24.6 Å². The monoisotopic (exact) mass is 301 g/mol. The molecule has 120 valence electrons. The zero-order valence-electron chi connectivity index (χ0n) is 12.6. The van der Waals surface area contributed by atoms with E-state index in [1.165, 1.54) is 6.07 Å². The average molecular weight is 301 g/mol. The van der Waals surface area contributed by atoms with E-state index in [-0.39, 0.29) is 18.9 Å². The molecule has 0 radical (unpaired) electrons. The van der Waals surface area contributed by atoms with E-state index in [0.29, 0.717) is 32.1 Å². The van der Waals surface area contributed by atoms with Crippen LogP contribution in [0, 0.1) is 5.82 Å². The highest BCUT2D eigenvalue weighted by molar-refractivity contribution is 5.47. The quantitative estimate of drug-likeness (QED) is 0.613. The van der Waals surface area contributed by atoms with Gasteiger partial charge in [0.05, 0.1) is 32.5 Å². The van der Waals surface area contributed by atoms with Crippen molar-refractivity contribution in [3.05, 3.63) is 24.0 Å². The molecule has 0 aromatic heterocycles. The second-order valence-corrected chi connectivity index (χ2v) is 4.38. The van der Waals surface area contributed by atoms with Gasteiger partial charge in [0, 0.05) is 24.9 Å². The minimum atomic E-state index is -0.666. The molecule has 2 N–H and O–H groups in total. The van der Waals surface area contributed by atoms with Crippen molar-refractivity contribution in [3.63, 3.8) is 0 Å². The zero-order chi connectivity index (χ0) is 15.5. The van der Waals surface area contributed by atoms with Crippen LogP contribution in [-0.2, 0) is 9.47 Å². The maximum absolute atomic E-state index is 13.6. The summed E-state index contributed by atoms with van der Waals surface area (Å²) in [4.78, 5) is 0. The highest BCUT2D eigenvalue weighted by Gasteiger charge is 2.07. The van der Waals surface area contributed by atoms with E-state index in [1.807, 2.05) is 6.92 Å². The molecule has 0 aliphatic carbocycles. The lowest BCUT2D eigenvalue weighted by Crippen LogP contribution is -2.25. The Morgan fingerprint density at radius 3 is 2.62 bits per heavy atom. The van der Waals surface area contributed by atoms with Gasteiger partial charge in [-0.1, -0.05) is 0 Å². The van der Waals surface area contributed by atoms with Crippen LogP contribution in [0.4, 0.5) is 10.1 Å². The first kappa shape index (κ1) is 17.7. The molecular weight excluding hydrogens is 277 g/mol. The minimum Gasteiger partial charge on any atom is -0.491 e. The van der Waals surface area contributed by atoms with Crippen molar-refractivity contribution >= 4 is 5.69 Å². The summed E-state index contributed by atoms with van der Waals surface area (Å²) in [6.45, 7) is 6.23. The summed E-state index contributed by atoms with van der Waals surface area (Å²) < 4.78 is 29.1. The van der Waals surface area contributed by atoms with E-state index in [1.54, 1.807) is 19.1 Å². The molecular formula is C15H24FNO4. The Hall–Kier alpha value is -1.37. The fourth-order valence-corrected chi connectivity index (χ4v) is 1.66. The molecule has 0 amide bonds. The van der Waals surface area contributed by atoms with Crippen LogP contribution in [0.1, 0.15) is 13.8 Å². The number of rotatable bonds is 11. The van der Waals surface area contributed by atoms with Crippen LogP contribution in [0.3, 0.4) is 0 Å². The molecule has 1 aromatic carbocycles. The molecule has 0 aliphatic rings. The van der Waals surface area contributed by atoms with Crippen LogP contribution >= 0.6 is 0 Å². The van der Waals surface area contributed by atoms with Gasteiger partial charge in [-0.05, 0) is 26.0 Å². The predicted molar refractivity (Wildman–Crippen MR) is 79.4 cm³/mol. The predicted octanol–water partition coefficient (Wildman–Crippen LogP) is 2.05. The third kappa shape index (κ3) is 7.27. The molecule has 21 heavy (non-hydrogen) atoms. The Morgan fingerprint density at radius 2 is 1.95 bits per heavy atom. The van der Waals surface area contributed by atoms with Gasteiger partial charge in [-0.25, -0.2) is 4.39 Å². The summed E-state index contributed by atoms with van der Waals surface area (Å²) >= 11 is 0. The molecule has 0 saturated carbocycles. The van der Waals surface area contributed by atoms with Crippen LogP contribution in [-0.4, -0.2) is 50.8 Å². The highest BCUT2D eigenvalue weighted by Crippen LogP contribution is 2.21. The van der Waals surface area contributed by atoms with Gasteiger partial charge in [-0.3, -0.25) is 0 Å². The number of ether oxygens (including phenoxy) is 3. The van der Waals surface area contributed by atoms with Crippen molar-refractivity contribution in [1.82, 2.24) is 0 Å². The molecule has 1 atom stereocenters. The zero-order valence-corrected chi connectivity index (χ0v) is 12.6. The molecule has 6 heteroatoms. The van der Waals surface area contributed by atoms with Crippen molar-refractivity contribution in [1.29, 1.82) is 0 Å². The van der Waals surface area contributed by atoms with Crippen molar-refractivity contribution in [2.75, 3.05) is 44.9 Å². The van der Waals surface area contributed by atoms with E-state index in [0.717, 1.165) is 0 Å². The van der Waals surface area contributed by atoms with E-state index >= 15 is 0 Å². The number of halogens is 1. The Morgan fingerprint density at radius 1 is 1.19 bits per heavy atom. The molecule has 1 rings (SSSR count). The molecule has 5 nitrogen and oxygen atoms in total. The number of nitrogens with one attached hydrogen (secondary N) is 1. The summed E-state index contributed by atoms with van der Waals surface area (Å²) in [6.07, 6.45) is -0.666. The normalized spacial score (nSPS) is 12.2. The topological polar surface area (TPSA) is 60.0 Å². The van der Waals surface area contributed by atoms with Crippen molar-refractivity contribution < 1.29 is 23.7 Å². The maximum atomic E-state index is 13.6. The molecule has 1 aromatic rings. The van der Waals surface area contributed by atoms with Gasteiger partial charge in [-0.2, -0.15) is 0 Å². The number of benzene rings is 1. The number of hydrogen-bond donors (Lipinski definition) is 2. The maximum Gasteiger partial charge on any atom is 0.167 e. The number of hydrogen-bond acceptors (Lipinski definition) is 5. The Kier molecular flexibility index (Phi) is 8.73. The smallest absolute Gasteiger partial charge is 0.167 e. The van der Waals surface area contributed by atoms with Gasteiger partial charge in [0.15, 0.2) is 11.6 Å². The summed E-state index contributed by atoms with van der Waals surface area (Å²) in [6, 6.07) is 4.61. The minimum absolute atomic E-state index is 0.208. The third-order valence-corrected chi connectivity index (χ3v) is 2.66. The van der Waals surface area contributed by atoms with Crippen LogP contribution in [0.2, 0.25) is 0 Å². The molecule has 0 spiro atoms. The Labute approximate surface area is 125 Å². The van der Waals surface area contributed by atoms with E-state index < -0.39 is 11.9 Å². The fraction of sp³-hybridized carbons (Fsp3) is 0.600. The molecule has 1 unspecified atom stereocenters. The van der Waals surface area contributed by atoms with Crippen molar-refractivity contribution in [3.8, 4) is 5.75 Å². The van der Waals surface area contributed by atoms with Crippen LogP contribution in [0.5, 0.6) is 5.75 Å². The van der Waals surface area contributed by atoms with Gasteiger partial charge in [-0.15, -0.1) is 0 Å². The van der Waals surface area contributed by atoms with E-state index in [9.17, 15) is 9.50 Å². The molecule has 0 aliphatic heterocycles.